The lowest BCUT2D eigenvalue weighted by atomic mass is 10.0. The Balaban J connectivity index is 4.03. The van der Waals surface area contributed by atoms with Gasteiger partial charge in [0.05, 0.1) is 0 Å². The predicted octanol–water partition coefficient (Wildman–Crippen LogP) is 23.4. The number of unbranched alkanes of at least 4 members (excludes halogenated alkanes) is 49. The summed E-state index contributed by atoms with van der Waals surface area (Å²) in [6.45, 7) is 6.63. The van der Waals surface area contributed by atoms with Crippen LogP contribution in [-0.2, 0) is 28.6 Å². The summed E-state index contributed by atoms with van der Waals surface area (Å²) in [5.74, 6) is -0.869. The van der Waals surface area contributed by atoms with Gasteiger partial charge < -0.3 is 14.2 Å². The van der Waals surface area contributed by atoms with Crippen LogP contribution in [0.25, 0.3) is 0 Å². The topological polar surface area (TPSA) is 78.9 Å². The van der Waals surface area contributed by atoms with E-state index in [4.69, 9.17) is 14.2 Å². The highest BCUT2D eigenvalue weighted by Crippen LogP contribution is 2.19. The molecule has 0 aromatic rings. The second-order valence-electron chi connectivity index (χ2n) is 23.4. The van der Waals surface area contributed by atoms with Gasteiger partial charge in [0, 0.05) is 19.3 Å². The normalized spacial score (nSPS) is 12.1. The molecule has 0 spiro atoms. The molecule has 0 aliphatic rings. The predicted molar refractivity (Wildman–Crippen MR) is 330 cm³/mol. The first kappa shape index (κ1) is 73.9. The van der Waals surface area contributed by atoms with Crippen LogP contribution in [-0.4, -0.2) is 37.2 Å². The molecule has 0 aliphatic heterocycles. The Morgan fingerprint density at radius 1 is 0.250 bits per heavy atom. The summed E-state index contributed by atoms with van der Waals surface area (Å²) in [6.07, 6.45) is 79.5. The molecule has 0 aromatic carbocycles. The molecular formula is C70H132O6. The minimum atomic E-state index is -0.776. The Morgan fingerprint density at radius 2 is 0.461 bits per heavy atom. The Labute approximate surface area is 474 Å². The number of rotatable bonds is 64. The van der Waals surface area contributed by atoms with Crippen LogP contribution in [0.1, 0.15) is 387 Å². The van der Waals surface area contributed by atoms with Crippen LogP contribution in [0.4, 0.5) is 0 Å². The van der Waals surface area contributed by atoms with E-state index < -0.39 is 6.10 Å². The molecule has 0 saturated heterocycles. The first-order chi connectivity index (χ1) is 37.5. The van der Waals surface area contributed by atoms with E-state index >= 15 is 0 Å². The van der Waals surface area contributed by atoms with E-state index in [9.17, 15) is 14.4 Å². The highest BCUT2D eigenvalue weighted by Gasteiger charge is 2.19. The lowest BCUT2D eigenvalue weighted by Gasteiger charge is -2.18. The molecular weight excluding hydrogens is 937 g/mol. The summed E-state index contributed by atoms with van der Waals surface area (Å²) >= 11 is 0. The molecule has 1 atom stereocenters. The fourth-order valence-electron chi connectivity index (χ4n) is 10.5. The molecule has 448 valence electrons. The molecule has 1 unspecified atom stereocenters. The molecule has 6 nitrogen and oxygen atoms in total. The second-order valence-corrected chi connectivity index (χ2v) is 23.4. The van der Waals surface area contributed by atoms with Crippen molar-refractivity contribution in [3.63, 3.8) is 0 Å². The number of hydrogen-bond acceptors (Lipinski definition) is 6. The fraction of sp³-hybridized carbons (Fsp3) is 0.900. The van der Waals surface area contributed by atoms with Gasteiger partial charge in [-0.1, -0.05) is 328 Å². The molecule has 0 amide bonds. The van der Waals surface area contributed by atoms with E-state index in [1.54, 1.807) is 0 Å². The van der Waals surface area contributed by atoms with E-state index in [1.165, 1.54) is 270 Å². The first-order valence-electron chi connectivity index (χ1n) is 34.3. The molecule has 0 fully saturated rings. The zero-order chi connectivity index (χ0) is 55.0. The van der Waals surface area contributed by atoms with Crippen molar-refractivity contribution in [3.8, 4) is 0 Å². The van der Waals surface area contributed by atoms with Gasteiger partial charge in [0.25, 0.3) is 0 Å². The largest absolute Gasteiger partial charge is 0.462 e. The average Bonchev–Trinajstić information content (AvgIpc) is 3.42. The van der Waals surface area contributed by atoms with Gasteiger partial charge in [0.1, 0.15) is 13.2 Å². The lowest BCUT2D eigenvalue weighted by molar-refractivity contribution is -0.167. The Bertz CT molecular complexity index is 1230. The van der Waals surface area contributed by atoms with E-state index in [2.05, 4.69) is 45.1 Å². The van der Waals surface area contributed by atoms with Gasteiger partial charge in [-0.3, -0.25) is 14.4 Å². The summed E-state index contributed by atoms with van der Waals surface area (Å²) in [5, 5.41) is 0. The highest BCUT2D eigenvalue weighted by atomic mass is 16.6. The lowest BCUT2D eigenvalue weighted by Crippen LogP contribution is -2.30. The molecule has 6 heteroatoms. The smallest absolute Gasteiger partial charge is 0.306 e. The van der Waals surface area contributed by atoms with E-state index in [-0.39, 0.29) is 31.1 Å². The van der Waals surface area contributed by atoms with Crippen LogP contribution >= 0.6 is 0 Å². The van der Waals surface area contributed by atoms with Gasteiger partial charge in [-0.2, -0.15) is 0 Å². The Hall–Kier alpha value is -2.11. The molecule has 76 heavy (non-hydrogen) atoms. The van der Waals surface area contributed by atoms with Gasteiger partial charge in [0.15, 0.2) is 6.10 Å². The van der Waals surface area contributed by atoms with Crippen molar-refractivity contribution in [2.24, 2.45) is 0 Å². The summed E-state index contributed by atoms with van der Waals surface area (Å²) in [4.78, 5) is 38.2. The SMILES string of the molecule is CCC/C=C\CCCCCCCC(=O)OCC(COC(=O)CCCCCCCCCCCCCCCCCCCCCCCCCCCCCCCCCC)OC(=O)CCCCCCC/C=C\CCCCCCCCC. The van der Waals surface area contributed by atoms with Crippen molar-refractivity contribution < 1.29 is 28.6 Å². The average molecular weight is 1070 g/mol. The van der Waals surface area contributed by atoms with Crippen LogP contribution in [0, 0.1) is 0 Å². The number of esters is 3. The third-order valence-electron chi connectivity index (χ3n) is 15.7. The molecule has 0 saturated carbocycles. The molecule has 0 aliphatic carbocycles. The van der Waals surface area contributed by atoms with E-state index in [0.29, 0.717) is 19.3 Å². The molecule has 0 bridgehead atoms. The van der Waals surface area contributed by atoms with Crippen LogP contribution in [0.15, 0.2) is 24.3 Å². The maximum Gasteiger partial charge on any atom is 0.306 e. The third kappa shape index (κ3) is 62.7. The number of hydrogen-bond donors (Lipinski definition) is 0. The standard InChI is InChI=1S/C70H132O6/c1-4-7-10-13-16-19-22-24-26-28-29-30-31-32-33-34-35-36-37-38-39-40-41-42-43-45-46-48-51-54-57-60-63-69(72)75-66-67(65-74-68(71)62-59-56-53-50-21-18-15-12-9-6-3)76-70(73)64-61-58-55-52-49-47-44-27-25-23-20-17-14-11-8-5-2/h12,15,27,44,67H,4-11,13-14,16-26,28-43,45-66H2,1-3H3/b15-12-,44-27-. The number of carbonyl (C=O) groups is 3. The van der Waals surface area contributed by atoms with Crippen LogP contribution in [0.3, 0.4) is 0 Å². The van der Waals surface area contributed by atoms with Crippen molar-refractivity contribution in [1.82, 2.24) is 0 Å². The number of ether oxygens (including phenoxy) is 3. The van der Waals surface area contributed by atoms with Gasteiger partial charge in [-0.05, 0) is 64.2 Å². The number of allylic oxidation sites excluding steroid dienone is 4. The van der Waals surface area contributed by atoms with E-state index in [1.807, 2.05) is 0 Å². The molecule has 0 heterocycles. The van der Waals surface area contributed by atoms with Crippen molar-refractivity contribution in [2.45, 2.75) is 393 Å². The Kier molecular flexibility index (Phi) is 63.6. The van der Waals surface area contributed by atoms with Crippen LogP contribution < -0.4 is 0 Å². The Morgan fingerprint density at radius 3 is 0.711 bits per heavy atom. The second kappa shape index (κ2) is 65.4. The third-order valence-corrected chi connectivity index (χ3v) is 15.7. The summed E-state index contributed by atoms with van der Waals surface area (Å²) in [6, 6.07) is 0. The quantitative estimate of drug-likeness (QED) is 0.0261. The molecule has 0 aromatic heterocycles. The van der Waals surface area contributed by atoms with Gasteiger partial charge >= 0.3 is 17.9 Å². The molecule has 0 rings (SSSR count). The maximum atomic E-state index is 12.9. The van der Waals surface area contributed by atoms with Crippen LogP contribution in [0.5, 0.6) is 0 Å². The van der Waals surface area contributed by atoms with Crippen molar-refractivity contribution in [1.29, 1.82) is 0 Å². The van der Waals surface area contributed by atoms with Crippen molar-refractivity contribution in [3.05, 3.63) is 24.3 Å². The van der Waals surface area contributed by atoms with E-state index in [0.717, 1.165) is 77.0 Å². The fourth-order valence-corrected chi connectivity index (χ4v) is 10.5. The minimum absolute atomic E-state index is 0.0728. The molecule has 0 radical (unpaired) electrons. The van der Waals surface area contributed by atoms with Gasteiger partial charge in [0.2, 0.25) is 0 Å². The van der Waals surface area contributed by atoms with Crippen molar-refractivity contribution >= 4 is 17.9 Å². The summed E-state index contributed by atoms with van der Waals surface area (Å²) in [5.41, 5.74) is 0. The maximum absolute atomic E-state index is 12.9. The zero-order valence-corrected chi connectivity index (χ0v) is 51.6. The summed E-state index contributed by atoms with van der Waals surface area (Å²) in [7, 11) is 0. The van der Waals surface area contributed by atoms with Crippen LogP contribution in [0.2, 0.25) is 0 Å². The monoisotopic (exact) mass is 1070 g/mol. The zero-order valence-electron chi connectivity index (χ0n) is 51.6. The molecule has 0 N–H and O–H groups in total. The van der Waals surface area contributed by atoms with Gasteiger partial charge in [-0.25, -0.2) is 0 Å². The number of carbonyl (C=O) groups excluding carboxylic acids is 3. The summed E-state index contributed by atoms with van der Waals surface area (Å²) < 4.78 is 16.9. The van der Waals surface area contributed by atoms with Crippen molar-refractivity contribution in [2.75, 3.05) is 13.2 Å². The minimum Gasteiger partial charge on any atom is -0.462 e. The van der Waals surface area contributed by atoms with Gasteiger partial charge in [-0.15, -0.1) is 0 Å². The highest BCUT2D eigenvalue weighted by molar-refractivity contribution is 5.71. The first-order valence-corrected chi connectivity index (χ1v) is 34.3.